The van der Waals surface area contributed by atoms with E-state index < -0.39 is 12.0 Å². The first-order chi connectivity index (χ1) is 11.6. The van der Waals surface area contributed by atoms with Gasteiger partial charge in [-0.2, -0.15) is 5.10 Å². The molecular weight excluding hydrogens is 328 g/mol. The number of hydrogen-bond donors (Lipinski definition) is 1. The maximum Gasteiger partial charge on any atom is 0.412 e. The van der Waals surface area contributed by atoms with Gasteiger partial charge in [-0.05, 0) is 24.2 Å². The normalized spacial score (nSPS) is 21.6. The number of nitrogens with zero attached hydrogens (tertiary/aromatic N) is 2. The molecule has 0 aromatic carbocycles. The van der Waals surface area contributed by atoms with Crippen LogP contribution in [0.25, 0.3) is 0 Å². The standard InChI is InChI=1S/C18H27F2N3O2/c1-11(2)10-25-16(24)21-15-13(17(3)6-5-7-17)14(22-23(15)4)12-8-18(19,20)9-12/h11-12H,5-10H2,1-4H3,(H,21,24). The molecule has 1 aromatic rings. The fraction of sp³-hybridized carbons (Fsp3) is 0.778. The second-order valence-electron chi connectivity index (χ2n) is 8.23. The van der Waals surface area contributed by atoms with Crippen molar-refractivity contribution in [1.29, 1.82) is 0 Å². The van der Waals surface area contributed by atoms with Gasteiger partial charge in [0.25, 0.3) is 0 Å². The van der Waals surface area contributed by atoms with Crippen molar-refractivity contribution < 1.29 is 18.3 Å². The summed E-state index contributed by atoms with van der Waals surface area (Å²) in [7, 11) is 1.74. The number of aryl methyl sites for hydroxylation is 1. The Hall–Kier alpha value is -1.66. The summed E-state index contributed by atoms with van der Waals surface area (Å²) in [5.74, 6) is -2.00. The van der Waals surface area contributed by atoms with Crippen LogP contribution in [-0.4, -0.2) is 28.4 Å². The molecule has 1 aromatic heterocycles. The van der Waals surface area contributed by atoms with E-state index in [-0.39, 0.29) is 30.1 Å². The summed E-state index contributed by atoms with van der Waals surface area (Å²) < 4.78 is 33.5. The minimum absolute atomic E-state index is 0.116. The molecular formula is C18H27F2N3O2. The Morgan fingerprint density at radius 1 is 1.40 bits per heavy atom. The number of carbonyl (C=O) groups is 1. The van der Waals surface area contributed by atoms with E-state index in [9.17, 15) is 13.6 Å². The van der Waals surface area contributed by atoms with Crippen LogP contribution in [0.2, 0.25) is 0 Å². The Bertz CT molecular complexity index is 658. The molecule has 0 bridgehead atoms. The van der Waals surface area contributed by atoms with E-state index >= 15 is 0 Å². The molecule has 2 fully saturated rings. The van der Waals surface area contributed by atoms with E-state index in [4.69, 9.17) is 4.74 Å². The van der Waals surface area contributed by atoms with Crippen molar-refractivity contribution in [3.63, 3.8) is 0 Å². The second-order valence-corrected chi connectivity index (χ2v) is 8.23. The van der Waals surface area contributed by atoms with Gasteiger partial charge in [0, 0.05) is 31.4 Å². The number of hydrogen-bond acceptors (Lipinski definition) is 3. The summed E-state index contributed by atoms with van der Waals surface area (Å²) in [5.41, 5.74) is 1.52. The lowest BCUT2D eigenvalue weighted by Crippen LogP contribution is -2.37. The summed E-state index contributed by atoms with van der Waals surface area (Å²) in [5, 5.41) is 7.31. The van der Waals surface area contributed by atoms with Crippen molar-refractivity contribution in [3.05, 3.63) is 11.3 Å². The van der Waals surface area contributed by atoms with Crippen molar-refractivity contribution in [2.24, 2.45) is 13.0 Å². The number of ether oxygens (including phenoxy) is 1. The second kappa shape index (κ2) is 6.25. The molecule has 2 aliphatic rings. The highest BCUT2D eigenvalue weighted by molar-refractivity contribution is 5.85. The molecule has 3 rings (SSSR count). The first kappa shape index (κ1) is 18.1. The lowest BCUT2D eigenvalue weighted by Gasteiger charge is -2.42. The Balaban J connectivity index is 1.87. The third kappa shape index (κ3) is 3.51. The van der Waals surface area contributed by atoms with Crippen molar-refractivity contribution >= 4 is 11.9 Å². The van der Waals surface area contributed by atoms with Crippen LogP contribution < -0.4 is 5.32 Å². The van der Waals surface area contributed by atoms with Crippen LogP contribution in [0, 0.1) is 5.92 Å². The minimum Gasteiger partial charge on any atom is -0.449 e. The molecule has 140 valence electrons. The van der Waals surface area contributed by atoms with Crippen LogP contribution in [0.4, 0.5) is 19.4 Å². The number of anilines is 1. The van der Waals surface area contributed by atoms with Crippen LogP contribution in [-0.2, 0) is 17.2 Å². The summed E-state index contributed by atoms with van der Waals surface area (Å²) in [4.78, 5) is 12.1. The maximum absolute atomic E-state index is 13.4. The summed E-state index contributed by atoms with van der Waals surface area (Å²) in [6.45, 7) is 6.39. The zero-order chi connectivity index (χ0) is 18.4. The smallest absolute Gasteiger partial charge is 0.412 e. The van der Waals surface area contributed by atoms with Gasteiger partial charge in [-0.3, -0.25) is 10.00 Å². The number of aromatic nitrogens is 2. The number of rotatable bonds is 5. The van der Waals surface area contributed by atoms with Crippen molar-refractivity contribution in [2.75, 3.05) is 11.9 Å². The molecule has 0 unspecified atom stereocenters. The lowest BCUT2D eigenvalue weighted by molar-refractivity contribution is -0.0880. The predicted octanol–water partition coefficient (Wildman–Crippen LogP) is 4.58. The molecule has 2 aliphatic carbocycles. The van der Waals surface area contributed by atoms with Gasteiger partial charge in [0.1, 0.15) is 5.82 Å². The van der Waals surface area contributed by atoms with E-state index in [0.717, 1.165) is 30.5 Å². The van der Waals surface area contributed by atoms with Gasteiger partial charge in [0.2, 0.25) is 5.92 Å². The quantitative estimate of drug-likeness (QED) is 0.841. The van der Waals surface area contributed by atoms with Gasteiger partial charge < -0.3 is 4.74 Å². The zero-order valence-electron chi connectivity index (χ0n) is 15.4. The molecule has 0 saturated heterocycles. The first-order valence-electron chi connectivity index (χ1n) is 9.00. The van der Waals surface area contributed by atoms with E-state index in [1.54, 1.807) is 11.7 Å². The van der Waals surface area contributed by atoms with Gasteiger partial charge >= 0.3 is 6.09 Å². The Labute approximate surface area is 147 Å². The van der Waals surface area contributed by atoms with E-state index in [2.05, 4.69) is 17.3 Å². The largest absolute Gasteiger partial charge is 0.449 e. The van der Waals surface area contributed by atoms with Crippen molar-refractivity contribution in [2.45, 2.75) is 70.1 Å². The number of carbonyl (C=O) groups excluding carboxylic acids is 1. The van der Waals surface area contributed by atoms with Crippen molar-refractivity contribution in [1.82, 2.24) is 9.78 Å². The Morgan fingerprint density at radius 2 is 2.04 bits per heavy atom. The Morgan fingerprint density at radius 3 is 2.52 bits per heavy atom. The van der Waals surface area contributed by atoms with Gasteiger partial charge in [0.15, 0.2) is 0 Å². The minimum atomic E-state index is -2.59. The monoisotopic (exact) mass is 355 g/mol. The first-order valence-corrected chi connectivity index (χ1v) is 9.00. The molecule has 0 aliphatic heterocycles. The third-order valence-corrected chi connectivity index (χ3v) is 5.38. The molecule has 1 heterocycles. The highest BCUT2D eigenvalue weighted by atomic mass is 19.3. The molecule has 0 spiro atoms. The fourth-order valence-electron chi connectivity index (χ4n) is 3.76. The molecule has 1 amide bonds. The molecule has 0 atom stereocenters. The number of halogens is 2. The molecule has 1 N–H and O–H groups in total. The maximum atomic E-state index is 13.4. The molecule has 0 radical (unpaired) electrons. The summed E-state index contributed by atoms with van der Waals surface area (Å²) >= 11 is 0. The summed E-state index contributed by atoms with van der Waals surface area (Å²) in [6.07, 6.45) is 2.21. The van der Waals surface area contributed by atoms with Gasteiger partial charge in [-0.25, -0.2) is 13.6 Å². The number of alkyl halides is 2. The van der Waals surface area contributed by atoms with Crippen molar-refractivity contribution in [3.8, 4) is 0 Å². The SMILES string of the molecule is CC(C)COC(=O)Nc1c(C2(C)CCC2)c(C2CC(F)(F)C2)nn1C. The number of amides is 1. The predicted molar refractivity (Wildman–Crippen MR) is 91.1 cm³/mol. The van der Waals surface area contributed by atoms with Crippen LogP contribution in [0.5, 0.6) is 0 Å². The zero-order valence-corrected chi connectivity index (χ0v) is 15.4. The van der Waals surface area contributed by atoms with Crippen LogP contribution in [0.3, 0.4) is 0 Å². The molecule has 7 heteroatoms. The Kier molecular flexibility index (Phi) is 4.54. The molecule has 25 heavy (non-hydrogen) atoms. The average Bonchev–Trinajstić information content (AvgIpc) is 2.77. The topological polar surface area (TPSA) is 56.1 Å². The molecule has 2 saturated carbocycles. The highest BCUT2D eigenvalue weighted by Crippen LogP contribution is 2.54. The van der Waals surface area contributed by atoms with Gasteiger partial charge in [-0.1, -0.05) is 27.2 Å². The molecule has 5 nitrogen and oxygen atoms in total. The van der Waals surface area contributed by atoms with E-state index in [1.807, 2.05) is 13.8 Å². The number of nitrogens with one attached hydrogen (secondary N) is 1. The summed E-state index contributed by atoms with van der Waals surface area (Å²) in [6, 6.07) is 0. The lowest BCUT2D eigenvalue weighted by atomic mass is 9.63. The van der Waals surface area contributed by atoms with Gasteiger partial charge in [0.05, 0.1) is 12.3 Å². The van der Waals surface area contributed by atoms with Crippen LogP contribution in [0.1, 0.15) is 70.1 Å². The fourth-order valence-corrected chi connectivity index (χ4v) is 3.76. The van der Waals surface area contributed by atoms with Gasteiger partial charge in [-0.15, -0.1) is 0 Å². The van der Waals surface area contributed by atoms with E-state index in [1.165, 1.54) is 0 Å². The van der Waals surface area contributed by atoms with E-state index in [0.29, 0.717) is 12.4 Å². The third-order valence-electron chi connectivity index (χ3n) is 5.38. The highest BCUT2D eigenvalue weighted by Gasteiger charge is 2.50. The average molecular weight is 355 g/mol. The van der Waals surface area contributed by atoms with Crippen LogP contribution >= 0.6 is 0 Å². The van der Waals surface area contributed by atoms with Crippen LogP contribution in [0.15, 0.2) is 0 Å².